The normalized spacial score (nSPS) is 18.1. The zero-order valence-electron chi connectivity index (χ0n) is 11.9. The van der Waals surface area contributed by atoms with Gasteiger partial charge in [-0.2, -0.15) is 5.26 Å². The van der Waals surface area contributed by atoms with Crippen molar-refractivity contribution < 1.29 is 9.90 Å². The molecule has 0 saturated heterocycles. The molecule has 2 rings (SSSR count). The number of nitrogens with one attached hydrogen (secondary N) is 1. The molecule has 2 N–H and O–H groups in total. The summed E-state index contributed by atoms with van der Waals surface area (Å²) in [6.45, 7) is 0. The first-order valence-electron chi connectivity index (χ1n) is 7.29. The average Bonchev–Trinajstić information content (AvgIpc) is 2.42. The molecule has 1 aliphatic rings. The number of halogens is 1. The van der Waals surface area contributed by atoms with Gasteiger partial charge >= 0.3 is 0 Å². The molecule has 1 amide bonds. The van der Waals surface area contributed by atoms with Gasteiger partial charge in [-0.3, -0.25) is 4.79 Å². The number of nitrogens with zero attached hydrogens (tertiary/aromatic N) is 1. The van der Waals surface area contributed by atoms with E-state index in [4.69, 9.17) is 11.6 Å². The third kappa shape index (κ3) is 3.89. The summed E-state index contributed by atoms with van der Waals surface area (Å²) >= 11 is 5.76. The summed E-state index contributed by atoms with van der Waals surface area (Å²) in [5, 5.41) is 22.5. The van der Waals surface area contributed by atoms with Crippen LogP contribution < -0.4 is 5.32 Å². The van der Waals surface area contributed by atoms with Crippen molar-refractivity contribution in [1.29, 1.82) is 5.26 Å². The lowest BCUT2D eigenvalue weighted by Gasteiger charge is -2.29. The molecule has 1 aromatic rings. The first-order valence-corrected chi connectivity index (χ1v) is 7.66. The van der Waals surface area contributed by atoms with Crippen molar-refractivity contribution in [2.45, 2.75) is 50.5 Å². The Kier molecular flexibility index (Phi) is 5.08. The number of phenols is 1. The van der Waals surface area contributed by atoms with Crippen LogP contribution in [0.5, 0.6) is 5.75 Å². The van der Waals surface area contributed by atoms with E-state index in [1.54, 1.807) is 6.07 Å². The minimum absolute atomic E-state index is 0.149. The van der Waals surface area contributed by atoms with Crippen molar-refractivity contribution in [1.82, 2.24) is 5.32 Å². The van der Waals surface area contributed by atoms with Gasteiger partial charge in [0.15, 0.2) is 0 Å². The molecule has 21 heavy (non-hydrogen) atoms. The van der Waals surface area contributed by atoms with Crippen LogP contribution in [0.3, 0.4) is 0 Å². The van der Waals surface area contributed by atoms with Crippen LogP contribution >= 0.6 is 11.6 Å². The van der Waals surface area contributed by atoms with E-state index in [1.165, 1.54) is 18.6 Å². The smallest absolute Gasteiger partial charge is 0.256 e. The number of amides is 1. The minimum atomic E-state index is -0.830. The van der Waals surface area contributed by atoms with Crippen LogP contribution in [0.25, 0.3) is 0 Å². The second-order valence-corrected chi connectivity index (χ2v) is 6.01. The Morgan fingerprint density at radius 2 is 1.86 bits per heavy atom. The summed E-state index contributed by atoms with van der Waals surface area (Å²) in [6, 6.07) is 6.63. The van der Waals surface area contributed by atoms with Crippen LogP contribution in [-0.2, 0) is 0 Å². The molecule has 0 bridgehead atoms. The second-order valence-electron chi connectivity index (χ2n) is 5.58. The number of phenolic OH excluding ortho intramolecular Hbond substituents is 1. The first kappa shape index (κ1) is 15.7. The molecule has 1 aliphatic carbocycles. The van der Waals surface area contributed by atoms with Crippen molar-refractivity contribution in [2.24, 2.45) is 0 Å². The molecule has 5 heteroatoms. The van der Waals surface area contributed by atoms with Crippen LogP contribution in [0.1, 0.15) is 55.3 Å². The summed E-state index contributed by atoms with van der Waals surface area (Å²) in [4.78, 5) is 12.3. The first-order chi connectivity index (χ1) is 10.1. The van der Waals surface area contributed by atoms with Gasteiger partial charge in [0.1, 0.15) is 11.3 Å². The maximum atomic E-state index is 12.3. The molecular weight excluding hydrogens is 288 g/mol. The Bertz CT molecular complexity index is 558. The predicted octanol–water partition coefficient (Wildman–Crippen LogP) is 3.78. The van der Waals surface area contributed by atoms with Gasteiger partial charge in [0, 0.05) is 5.02 Å². The minimum Gasteiger partial charge on any atom is -0.507 e. The van der Waals surface area contributed by atoms with Crippen LogP contribution in [0, 0.1) is 11.3 Å². The van der Waals surface area contributed by atoms with Gasteiger partial charge in [-0.05, 0) is 31.0 Å². The third-order valence-corrected chi connectivity index (χ3v) is 4.21. The monoisotopic (exact) mass is 306 g/mol. The lowest BCUT2D eigenvalue weighted by atomic mass is 9.85. The van der Waals surface area contributed by atoms with E-state index in [-0.39, 0.29) is 11.3 Å². The summed E-state index contributed by atoms with van der Waals surface area (Å²) in [5.74, 6) is -0.592. The second kappa shape index (κ2) is 6.82. The SMILES string of the molecule is N#CC1(NC(=O)c2ccc(Cl)cc2O)CCCCCCC1. The number of benzene rings is 1. The summed E-state index contributed by atoms with van der Waals surface area (Å²) in [6.07, 6.45) is 6.54. The number of carbonyl (C=O) groups excluding carboxylic acids is 1. The Hall–Kier alpha value is -1.73. The van der Waals surface area contributed by atoms with Crippen LogP contribution in [0.15, 0.2) is 18.2 Å². The third-order valence-electron chi connectivity index (χ3n) is 3.98. The molecule has 0 atom stereocenters. The van der Waals surface area contributed by atoms with Gasteiger partial charge < -0.3 is 10.4 Å². The number of nitriles is 1. The maximum Gasteiger partial charge on any atom is 0.256 e. The van der Waals surface area contributed by atoms with E-state index in [9.17, 15) is 15.2 Å². The molecule has 0 heterocycles. The fourth-order valence-corrected chi connectivity index (χ4v) is 2.92. The molecule has 0 radical (unpaired) electrons. The van der Waals surface area contributed by atoms with Crippen molar-refractivity contribution >= 4 is 17.5 Å². The van der Waals surface area contributed by atoms with E-state index in [1.807, 2.05) is 0 Å². The number of aromatic hydroxyl groups is 1. The van der Waals surface area contributed by atoms with Crippen molar-refractivity contribution in [3.8, 4) is 11.8 Å². The molecule has 112 valence electrons. The molecule has 1 aromatic carbocycles. The highest BCUT2D eigenvalue weighted by atomic mass is 35.5. The van der Waals surface area contributed by atoms with Crippen LogP contribution in [0.4, 0.5) is 0 Å². The lowest BCUT2D eigenvalue weighted by molar-refractivity contribution is 0.0905. The van der Waals surface area contributed by atoms with Gasteiger partial charge in [-0.1, -0.05) is 43.7 Å². The van der Waals surface area contributed by atoms with Crippen molar-refractivity contribution in [3.05, 3.63) is 28.8 Å². The molecule has 0 unspecified atom stereocenters. The fourth-order valence-electron chi connectivity index (χ4n) is 2.76. The van der Waals surface area contributed by atoms with Crippen LogP contribution in [0.2, 0.25) is 5.02 Å². The van der Waals surface area contributed by atoms with Gasteiger partial charge in [0.05, 0.1) is 11.6 Å². The van der Waals surface area contributed by atoms with Gasteiger partial charge in [-0.25, -0.2) is 0 Å². The average molecular weight is 307 g/mol. The van der Waals surface area contributed by atoms with Crippen molar-refractivity contribution in [3.63, 3.8) is 0 Å². The van der Waals surface area contributed by atoms with Crippen molar-refractivity contribution in [2.75, 3.05) is 0 Å². The number of rotatable bonds is 2. The van der Waals surface area contributed by atoms with E-state index in [0.717, 1.165) is 25.7 Å². The molecule has 0 aliphatic heterocycles. The highest BCUT2D eigenvalue weighted by Crippen LogP contribution is 2.28. The number of carbonyl (C=O) groups is 1. The quantitative estimate of drug-likeness (QED) is 0.873. The molecule has 0 aromatic heterocycles. The van der Waals surface area contributed by atoms with E-state index < -0.39 is 11.4 Å². The highest BCUT2D eigenvalue weighted by molar-refractivity contribution is 6.30. The van der Waals surface area contributed by atoms with Gasteiger partial charge in [0.2, 0.25) is 0 Å². The van der Waals surface area contributed by atoms with E-state index >= 15 is 0 Å². The highest BCUT2D eigenvalue weighted by Gasteiger charge is 2.32. The molecular formula is C16H19ClN2O2. The molecule has 4 nitrogen and oxygen atoms in total. The largest absolute Gasteiger partial charge is 0.507 e. The zero-order chi connectivity index (χ0) is 15.3. The van der Waals surface area contributed by atoms with Gasteiger partial charge in [0.25, 0.3) is 5.91 Å². The molecule has 1 fully saturated rings. The Labute approximate surface area is 129 Å². The standard InChI is InChI=1S/C16H19ClN2O2/c17-12-6-7-13(14(20)10-12)15(21)19-16(11-18)8-4-2-1-3-5-9-16/h6-7,10,20H,1-5,8-9H2,(H,19,21). The zero-order valence-corrected chi connectivity index (χ0v) is 12.6. The fraction of sp³-hybridized carbons (Fsp3) is 0.500. The topological polar surface area (TPSA) is 73.1 Å². The molecule has 1 saturated carbocycles. The summed E-state index contributed by atoms with van der Waals surface area (Å²) < 4.78 is 0. The summed E-state index contributed by atoms with van der Waals surface area (Å²) in [5.41, 5.74) is -0.681. The Morgan fingerprint density at radius 1 is 1.24 bits per heavy atom. The van der Waals surface area contributed by atoms with Crippen LogP contribution in [-0.4, -0.2) is 16.6 Å². The Balaban J connectivity index is 2.16. The lowest BCUT2D eigenvalue weighted by Crippen LogP contribution is -2.47. The number of hydrogen-bond donors (Lipinski definition) is 2. The predicted molar refractivity (Wildman–Crippen MR) is 81.2 cm³/mol. The molecule has 0 spiro atoms. The number of hydrogen-bond acceptors (Lipinski definition) is 3. The maximum absolute atomic E-state index is 12.3. The van der Waals surface area contributed by atoms with E-state index in [0.29, 0.717) is 17.9 Å². The van der Waals surface area contributed by atoms with Gasteiger partial charge in [-0.15, -0.1) is 0 Å². The Morgan fingerprint density at radius 3 is 2.43 bits per heavy atom. The van der Waals surface area contributed by atoms with E-state index in [2.05, 4.69) is 11.4 Å². The summed E-state index contributed by atoms with van der Waals surface area (Å²) in [7, 11) is 0.